The van der Waals surface area contributed by atoms with Crippen molar-refractivity contribution in [2.24, 2.45) is 0 Å². The van der Waals surface area contributed by atoms with Crippen LogP contribution in [0.3, 0.4) is 0 Å². The van der Waals surface area contributed by atoms with E-state index < -0.39 is 17.5 Å². The van der Waals surface area contributed by atoms with E-state index in [1.807, 2.05) is 0 Å². The number of rotatable bonds is 0. The molecule has 1 aromatic carbocycles. The number of ketones is 1. The van der Waals surface area contributed by atoms with E-state index in [4.69, 9.17) is 10.00 Å². The van der Waals surface area contributed by atoms with Crippen LogP contribution in [0.15, 0.2) is 12.1 Å². The Morgan fingerprint density at radius 2 is 2.06 bits per heavy atom. The number of fused-ring (bicyclic) bond motifs is 1. The molecular weight excluding hydrogens is 235 g/mol. The van der Waals surface area contributed by atoms with E-state index in [-0.39, 0.29) is 29.9 Å². The van der Waals surface area contributed by atoms with Crippen LogP contribution >= 0.6 is 0 Å². The van der Waals surface area contributed by atoms with Crippen molar-refractivity contribution in [3.05, 3.63) is 28.8 Å². The van der Waals surface area contributed by atoms with E-state index in [9.17, 15) is 18.0 Å². The van der Waals surface area contributed by atoms with Crippen molar-refractivity contribution in [2.75, 3.05) is 6.61 Å². The number of nitriles is 1. The number of alkyl halides is 3. The minimum atomic E-state index is -4.58. The average Bonchev–Trinajstić information content (AvgIpc) is 2.27. The summed E-state index contributed by atoms with van der Waals surface area (Å²) in [5.74, 6) is -0.481. The number of Topliss-reactive ketones (excluding diaryl/α,β-unsaturated/α-hetero) is 1. The molecule has 6 heteroatoms. The summed E-state index contributed by atoms with van der Waals surface area (Å²) in [6.45, 7) is 0.0892. The third-order valence-corrected chi connectivity index (χ3v) is 2.41. The van der Waals surface area contributed by atoms with Crippen LogP contribution in [-0.2, 0) is 6.18 Å². The van der Waals surface area contributed by atoms with Crippen molar-refractivity contribution in [2.45, 2.75) is 12.6 Å². The van der Waals surface area contributed by atoms with Crippen molar-refractivity contribution >= 4 is 5.78 Å². The van der Waals surface area contributed by atoms with Crippen LogP contribution in [-0.4, -0.2) is 12.4 Å². The molecule has 0 unspecified atom stereocenters. The molecule has 17 heavy (non-hydrogen) atoms. The van der Waals surface area contributed by atoms with Crippen LogP contribution in [0.4, 0.5) is 13.2 Å². The van der Waals surface area contributed by atoms with Gasteiger partial charge in [0.25, 0.3) is 0 Å². The lowest BCUT2D eigenvalue weighted by molar-refractivity contribution is -0.137. The molecular formula is C11H6F3NO2. The third-order valence-electron chi connectivity index (χ3n) is 2.41. The number of hydrogen-bond donors (Lipinski definition) is 0. The predicted octanol–water partition coefficient (Wildman–Crippen LogP) is 2.54. The molecule has 0 aromatic heterocycles. The van der Waals surface area contributed by atoms with Crippen LogP contribution in [0.2, 0.25) is 0 Å². The Kier molecular flexibility index (Phi) is 2.54. The molecule has 1 aromatic rings. The topological polar surface area (TPSA) is 50.1 Å². The van der Waals surface area contributed by atoms with Crippen LogP contribution in [0.25, 0.3) is 0 Å². The van der Waals surface area contributed by atoms with Gasteiger partial charge in [-0.3, -0.25) is 4.79 Å². The fourth-order valence-electron chi connectivity index (χ4n) is 1.62. The molecule has 0 atom stereocenters. The summed E-state index contributed by atoms with van der Waals surface area (Å²) in [7, 11) is 0. The summed E-state index contributed by atoms with van der Waals surface area (Å²) in [5, 5.41) is 8.76. The summed E-state index contributed by atoms with van der Waals surface area (Å²) < 4.78 is 42.7. The summed E-state index contributed by atoms with van der Waals surface area (Å²) in [5.41, 5.74) is -1.43. The Hall–Kier alpha value is -2.03. The van der Waals surface area contributed by atoms with Crippen LogP contribution in [0.5, 0.6) is 5.75 Å². The van der Waals surface area contributed by atoms with E-state index >= 15 is 0 Å². The average molecular weight is 241 g/mol. The molecule has 1 aliphatic heterocycles. The van der Waals surface area contributed by atoms with Gasteiger partial charge in [0.1, 0.15) is 11.8 Å². The van der Waals surface area contributed by atoms with Gasteiger partial charge in [-0.1, -0.05) is 0 Å². The number of benzene rings is 1. The maximum absolute atomic E-state index is 12.5. The molecule has 88 valence electrons. The minimum absolute atomic E-state index is 0.0270. The van der Waals surface area contributed by atoms with Gasteiger partial charge in [0, 0.05) is 6.42 Å². The maximum Gasteiger partial charge on any atom is 0.416 e. The summed E-state index contributed by atoms with van der Waals surface area (Å²) >= 11 is 0. The van der Waals surface area contributed by atoms with Gasteiger partial charge in [-0.15, -0.1) is 0 Å². The second kappa shape index (κ2) is 3.77. The van der Waals surface area contributed by atoms with Crippen molar-refractivity contribution in [1.82, 2.24) is 0 Å². The fraction of sp³-hybridized carbons (Fsp3) is 0.273. The normalized spacial score (nSPS) is 14.8. The first kappa shape index (κ1) is 11.5. The zero-order valence-corrected chi connectivity index (χ0v) is 8.47. The second-order valence-corrected chi connectivity index (χ2v) is 3.53. The van der Waals surface area contributed by atoms with Gasteiger partial charge in [-0.05, 0) is 12.1 Å². The van der Waals surface area contributed by atoms with Crippen molar-refractivity contribution in [3.63, 3.8) is 0 Å². The molecule has 1 heterocycles. The van der Waals surface area contributed by atoms with Gasteiger partial charge in [0.05, 0.1) is 23.3 Å². The van der Waals surface area contributed by atoms with E-state index in [2.05, 4.69) is 0 Å². The van der Waals surface area contributed by atoms with Gasteiger partial charge >= 0.3 is 6.18 Å². The Morgan fingerprint density at radius 3 is 2.65 bits per heavy atom. The first-order chi connectivity index (χ1) is 7.93. The molecule has 0 radical (unpaired) electrons. The number of nitrogens with zero attached hydrogens (tertiary/aromatic N) is 1. The molecule has 0 bridgehead atoms. The molecule has 0 amide bonds. The van der Waals surface area contributed by atoms with Crippen LogP contribution in [0.1, 0.15) is 27.9 Å². The summed E-state index contributed by atoms with van der Waals surface area (Å²) in [6, 6.07) is 3.04. The van der Waals surface area contributed by atoms with E-state index in [1.165, 1.54) is 0 Å². The molecule has 0 fully saturated rings. The molecule has 1 aliphatic rings. The Morgan fingerprint density at radius 1 is 1.35 bits per heavy atom. The van der Waals surface area contributed by atoms with Gasteiger partial charge in [-0.2, -0.15) is 18.4 Å². The Balaban J connectivity index is 2.67. The number of carbonyl (C=O) groups is 1. The highest BCUT2D eigenvalue weighted by Crippen LogP contribution is 2.36. The minimum Gasteiger partial charge on any atom is -0.491 e. The van der Waals surface area contributed by atoms with E-state index in [1.54, 1.807) is 6.07 Å². The number of ether oxygens (including phenoxy) is 1. The first-order valence-corrected chi connectivity index (χ1v) is 4.75. The Bertz CT molecular complexity index is 529. The van der Waals surface area contributed by atoms with Crippen LogP contribution in [0, 0.1) is 11.3 Å². The van der Waals surface area contributed by atoms with Gasteiger partial charge in [0.2, 0.25) is 0 Å². The van der Waals surface area contributed by atoms with Crippen molar-refractivity contribution in [1.29, 1.82) is 5.26 Å². The third kappa shape index (κ3) is 1.96. The molecule has 0 N–H and O–H groups in total. The summed E-state index contributed by atoms with van der Waals surface area (Å²) in [6.07, 6.45) is -4.56. The SMILES string of the molecule is N#Cc1cc(C(F)(F)F)cc2c1OCCC2=O. The zero-order valence-electron chi connectivity index (χ0n) is 8.47. The van der Waals surface area contributed by atoms with Gasteiger partial charge < -0.3 is 4.74 Å². The van der Waals surface area contributed by atoms with Gasteiger partial charge in [0.15, 0.2) is 5.78 Å². The van der Waals surface area contributed by atoms with Crippen molar-refractivity contribution < 1.29 is 22.7 Å². The molecule has 2 rings (SSSR count). The summed E-state index contributed by atoms with van der Waals surface area (Å²) in [4.78, 5) is 11.5. The van der Waals surface area contributed by atoms with E-state index in [0.717, 1.165) is 6.07 Å². The van der Waals surface area contributed by atoms with E-state index in [0.29, 0.717) is 6.07 Å². The maximum atomic E-state index is 12.5. The molecule has 0 saturated carbocycles. The molecule has 0 aliphatic carbocycles. The molecule has 0 saturated heterocycles. The van der Waals surface area contributed by atoms with Crippen LogP contribution < -0.4 is 4.74 Å². The zero-order chi connectivity index (χ0) is 12.6. The molecule has 3 nitrogen and oxygen atoms in total. The lowest BCUT2D eigenvalue weighted by Crippen LogP contribution is -2.18. The second-order valence-electron chi connectivity index (χ2n) is 3.53. The monoisotopic (exact) mass is 241 g/mol. The lowest BCUT2D eigenvalue weighted by atomic mass is 9.98. The number of carbonyl (C=O) groups excluding carboxylic acids is 1. The lowest BCUT2D eigenvalue weighted by Gasteiger charge is -2.19. The highest BCUT2D eigenvalue weighted by atomic mass is 19.4. The largest absolute Gasteiger partial charge is 0.491 e. The number of halogens is 3. The smallest absolute Gasteiger partial charge is 0.416 e. The Labute approximate surface area is 94.4 Å². The van der Waals surface area contributed by atoms with Gasteiger partial charge in [-0.25, -0.2) is 0 Å². The van der Waals surface area contributed by atoms with Crippen molar-refractivity contribution in [3.8, 4) is 11.8 Å². The molecule has 0 spiro atoms. The number of hydrogen-bond acceptors (Lipinski definition) is 3. The standard InChI is InChI=1S/C11H6F3NO2/c12-11(13,14)7-3-6(5-15)10-8(4-7)9(16)1-2-17-10/h3-4H,1-2H2. The highest BCUT2D eigenvalue weighted by Gasteiger charge is 2.34. The highest BCUT2D eigenvalue weighted by molar-refractivity contribution is 6.00. The predicted molar refractivity (Wildman–Crippen MR) is 50.6 cm³/mol. The first-order valence-electron chi connectivity index (χ1n) is 4.75. The quantitative estimate of drug-likeness (QED) is 0.701. The fourth-order valence-corrected chi connectivity index (χ4v) is 1.62.